The Morgan fingerprint density at radius 3 is 2.80 bits per heavy atom. The number of aromatic nitrogens is 2. The van der Waals surface area contributed by atoms with Crippen LogP contribution >= 0.6 is 0 Å². The number of rotatable bonds is 4. The second-order valence-electron chi connectivity index (χ2n) is 6.06. The van der Waals surface area contributed by atoms with E-state index in [1.165, 1.54) is 12.8 Å². The number of carboxylic acids is 1. The van der Waals surface area contributed by atoms with Crippen LogP contribution in [0.2, 0.25) is 0 Å². The average Bonchev–Trinajstić information content (AvgIpc) is 2.38. The normalized spacial score (nSPS) is 22.8. The molecular weight excluding hydrogens is 254 g/mol. The molecule has 1 aromatic rings. The van der Waals surface area contributed by atoms with Crippen LogP contribution in [0.1, 0.15) is 68.7 Å². The van der Waals surface area contributed by atoms with Gasteiger partial charge in [-0.1, -0.05) is 33.6 Å². The fraction of sp³-hybridized carbons (Fsp3) is 0.667. The molecule has 0 bridgehead atoms. The van der Waals surface area contributed by atoms with Crippen molar-refractivity contribution in [3.8, 4) is 0 Å². The van der Waals surface area contributed by atoms with Crippen molar-refractivity contribution < 1.29 is 9.90 Å². The lowest BCUT2D eigenvalue weighted by Gasteiger charge is -2.28. The molecule has 2 rings (SSSR count). The van der Waals surface area contributed by atoms with Crippen molar-refractivity contribution in [1.29, 1.82) is 0 Å². The van der Waals surface area contributed by atoms with Gasteiger partial charge in [-0.2, -0.15) is 0 Å². The molecule has 0 saturated heterocycles. The van der Waals surface area contributed by atoms with E-state index in [1.807, 2.05) is 13.8 Å². The maximum Gasteiger partial charge on any atom is 0.356 e. The third-order valence-corrected chi connectivity index (χ3v) is 3.82. The van der Waals surface area contributed by atoms with E-state index in [2.05, 4.69) is 22.2 Å². The number of hydrogen-bond donors (Lipinski definition) is 2. The predicted octanol–water partition coefficient (Wildman–Crippen LogP) is 3.29. The van der Waals surface area contributed by atoms with Gasteiger partial charge < -0.3 is 10.4 Å². The third-order valence-electron chi connectivity index (χ3n) is 3.82. The van der Waals surface area contributed by atoms with E-state index in [9.17, 15) is 9.90 Å². The Hall–Kier alpha value is -1.65. The summed E-state index contributed by atoms with van der Waals surface area (Å²) in [6.45, 7) is 6.15. The van der Waals surface area contributed by atoms with Gasteiger partial charge in [0.15, 0.2) is 5.69 Å². The fourth-order valence-corrected chi connectivity index (χ4v) is 2.73. The Morgan fingerprint density at radius 1 is 1.45 bits per heavy atom. The van der Waals surface area contributed by atoms with Crippen molar-refractivity contribution in [2.45, 2.75) is 58.4 Å². The van der Waals surface area contributed by atoms with Gasteiger partial charge in [0.1, 0.15) is 5.82 Å². The molecule has 2 atom stereocenters. The average molecular weight is 277 g/mol. The summed E-state index contributed by atoms with van der Waals surface area (Å²) in [4.78, 5) is 19.8. The first kappa shape index (κ1) is 14.8. The summed E-state index contributed by atoms with van der Waals surface area (Å²) in [7, 11) is 0. The zero-order valence-electron chi connectivity index (χ0n) is 12.4. The molecular formula is C15H23N3O2. The number of hydrogen-bond acceptors (Lipinski definition) is 4. The van der Waals surface area contributed by atoms with Crippen LogP contribution in [0.5, 0.6) is 0 Å². The molecule has 1 saturated carbocycles. The quantitative estimate of drug-likeness (QED) is 0.883. The minimum absolute atomic E-state index is 0.0851. The number of aromatic carboxylic acids is 1. The lowest BCUT2D eigenvalue weighted by molar-refractivity contribution is 0.0691. The van der Waals surface area contributed by atoms with Gasteiger partial charge in [-0.15, -0.1) is 0 Å². The SMILES string of the molecule is CC1CCCC(Nc2cnc(C(C)C)nc2C(=O)O)C1. The van der Waals surface area contributed by atoms with Crippen LogP contribution in [0.3, 0.4) is 0 Å². The highest BCUT2D eigenvalue weighted by Gasteiger charge is 2.22. The van der Waals surface area contributed by atoms with Crippen molar-refractivity contribution in [1.82, 2.24) is 9.97 Å². The lowest BCUT2D eigenvalue weighted by Crippen LogP contribution is -2.27. The summed E-state index contributed by atoms with van der Waals surface area (Å²) >= 11 is 0. The summed E-state index contributed by atoms with van der Waals surface area (Å²) < 4.78 is 0. The molecule has 2 unspecified atom stereocenters. The summed E-state index contributed by atoms with van der Waals surface area (Å²) in [6, 6.07) is 0.324. The predicted molar refractivity (Wildman–Crippen MR) is 78.1 cm³/mol. The van der Waals surface area contributed by atoms with Crippen molar-refractivity contribution in [2.75, 3.05) is 5.32 Å². The van der Waals surface area contributed by atoms with Crippen LogP contribution in [0.15, 0.2) is 6.20 Å². The number of carboxylic acid groups (broad SMARTS) is 1. The molecule has 5 nitrogen and oxygen atoms in total. The largest absolute Gasteiger partial charge is 0.476 e. The smallest absolute Gasteiger partial charge is 0.356 e. The molecule has 0 radical (unpaired) electrons. The van der Waals surface area contributed by atoms with Crippen LogP contribution in [0.4, 0.5) is 5.69 Å². The summed E-state index contributed by atoms with van der Waals surface area (Å²) in [5, 5.41) is 12.6. The third kappa shape index (κ3) is 3.46. The fourth-order valence-electron chi connectivity index (χ4n) is 2.73. The molecule has 1 heterocycles. The topological polar surface area (TPSA) is 75.1 Å². The number of nitrogens with zero attached hydrogens (tertiary/aromatic N) is 2. The Balaban J connectivity index is 2.20. The molecule has 0 aliphatic heterocycles. The molecule has 0 spiro atoms. The van der Waals surface area contributed by atoms with Crippen molar-refractivity contribution >= 4 is 11.7 Å². The van der Waals surface area contributed by atoms with E-state index in [4.69, 9.17) is 0 Å². The van der Waals surface area contributed by atoms with Crippen LogP contribution in [-0.2, 0) is 0 Å². The van der Waals surface area contributed by atoms with Gasteiger partial charge in [-0.3, -0.25) is 0 Å². The maximum atomic E-state index is 11.4. The van der Waals surface area contributed by atoms with Gasteiger partial charge in [0, 0.05) is 12.0 Å². The zero-order chi connectivity index (χ0) is 14.7. The second kappa shape index (κ2) is 6.20. The van der Waals surface area contributed by atoms with Crippen LogP contribution in [0.25, 0.3) is 0 Å². The standard InChI is InChI=1S/C15H23N3O2/c1-9(2)14-16-8-12(13(18-14)15(19)20)17-11-6-4-5-10(3)7-11/h8-11,17H,4-7H2,1-3H3,(H,19,20). The van der Waals surface area contributed by atoms with Gasteiger partial charge in [0.2, 0.25) is 0 Å². The molecule has 1 aliphatic rings. The van der Waals surface area contributed by atoms with E-state index >= 15 is 0 Å². The first-order valence-electron chi connectivity index (χ1n) is 7.34. The minimum Gasteiger partial charge on any atom is -0.476 e. The molecule has 1 fully saturated rings. The van der Waals surface area contributed by atoms with Crippen molar-refractivity contribution in [2.24, 2.45) is 5.92 Å². The Kier molecular flexibility index (Phi) is 4.57. The molecule has 1 aliphatic carbocycles. The van der Waals surface area contributed by atoms with Gasteiger partial charge >= 0.3 is 5.97 Å². The summed E-state index contributed by atoms with van der Waals surface area (Å²) in [5.41, 5.74) is 0.628. The van der Waals surface area contributed by atoms with Gasteiger partial charge in [-0.25, -0.2) is 14.8 Å². The molecule has 5 heteroatoms. The molecule has 0 amide bonds. The Morgan fingerprint density at radius 2 is 2.20 bits per heavy atom. The monoisotopic (exact) mass is 277 g/mol. The Labute approximate surface area is 119 Å². The van der Waals surface area contributed by atoms with Crippen LogP contribution in [-0.4, -0.2) is 27.1 Å². The molecule has 20 heavy (non-hydrogen) atoms. The van der Waals surface area contributed by atoms with Crippen molar-refractivity contribution in [3.05, 3.63) is 17.7 Å². The van der Waals surface area contributed by atoms with Gasteiger partial charge in [-0.05, 0) is 18.8 Å². The lowest BCUT2D eigenvalue weighted by atomic mass is 9.87. The maximum absolute atomic E-state index is 11.4. The van der Waals surface area contributed by atoms with E-state index in [0.29, 0.717) is 23.5 Å². The van der Waals surface area contributed by atoms with Gasteiger partial charge in [0.25, 0.3) is 0 Å². The van der Waals surface area contributed by atoms with Crippen LogP contribution < -0.4 is 5.32 Å². The molecule has 110 valence electrons. The van der Waals surface area contributed by atoms with Crippen molar-refractivity contribution in [3.63, 3.8) is 0 Å². The zero-order valence-corrected chi connectivity index (χ0v) is 12.4. The van der Waals surface area contributed by atoms with Gasteiger partial charge in [0.05, 0.1) is 11.9 Å². The Bertz CT molecular complexity index is 488. The molecule has 2 N–H and O–H groups in total. The van der Waals surface area contributed by atoms with Crippen LogP contribution in [0, 0.1) is 5.92 Å². The summed E-state index contributed by atoms with van der Waals surface area (Å²) in [5.74, 6) is 0.382. The number of anilines is 1. The first-order chi connectivity index (χ1) is 9.47. The van der Waals surface area contributed by atoms with E-state index in [-0.39, 0.29) is 11.6 Å². The highest BCUT2D eigenvalue weighted by atomic mass is 16.4. The van der Waals surface area contributed by atoms with E-state index < -0.39 is 5.97 Å². The highest BCUT2D eigenvalue weighted by Crippen LogP contribution is 2.27. The van der Waals surface area contributed by atoms with E-state index in [0.717, 1.165) is 12.8 Å². The van der Waals surface area contributed by atoms with E-state index in [1.54, 1.807) is 6.20 Å². The molecule has 0 aromatic carbocycles. The minimum atomic E-state index is -0.999. The highest BCUT2D eigenvalue weighted by molar-refractivity contribution is 5.91. The summed E-state index contributed by atoms with van der Waals surface area (Å²) in [6.07, 6.45) is 6.21. The molecule has 1 aromatic heterocycles. The first-order valence-corrected chi connectivity index (χ1v) is 7.34. The number of carbonyl (C=O) groups is 1. The number of nitrogens with one attached hydrogen (secondary N) is 1. The second-order valence-corrected chi connectivity index (χ2v) is 6.06.